The van der Waals surface area contributed by atoms with E-state index in [4.69, 9.17) is 21.1 Å². The summed E-state index contributed by atoms with van der Waals surface area (Å²) in [4.78, 5) is 50.2. The predicted octanol–water partition coefficient (Wildman–Crippen LogP) is 6.05. The van der Waals surface area contributed by atoms with Crippen LogP contribution in [0.4, 0.5) is 13.6 Å². The molecule has 3 aliphatic rings. The van der Waals surface area contributed by atoms with Crippen molar-refractivity contribution in [3.05, 3.63) is 28.9 Å². The summed E-state index contributed by atoms with van der Waals surface area (Å²) in [5.41, 5.74) is -0.746. The summed E-state index contributed by atoms with van der Waals surface area (Å²) >= 11 is 6.17. The van der Waals surface area contributed by atoms with Gasteiger partial charge in [-0.2, -0.15) is 8.78 Å². The van der Waals surface area contributed by atoms with Crippen LogP contribution in [0.5, 0.6) is 5.88 Å². The van der Waals surface area contributed by atoms with Gasteiger partial charge in [-0.25, -0.2) is 14.8 Å². The van der Waals surface area contributed by atoms with Gasteiger partial charge in [0.05, 0.1) is 23.6 Å². The van der Waals surface area contributed by atoms with E-state index in [1.807, 2.05) is 27.7 Å². The van der Waals surface area contributed by atoms with Crippen molar-refractivity contribution in [3.8, 4) is 5.88 Å². The van der Waals surface area contributed by atoms with E-state index >= 15 is 8.78 Å². The number of halogens is 3. The minimum absolute atomic E-state index is 0.0597. The van der Waals surface area contributed by atoms with Crippen molar-refractivity contribution in [1.29, 1.82) is 0 Å². The van der Waals surface area contributed by atoms with Gasteiger partial charge in [-0.05, 0) is 62.1 Å². The molecule has 2 amide bonds. The molecule has 1 unspecified atom stereocenters. The fourth-order valence-corrected chi connectivity index (χ4v) is 6.52. The maximum atomic E-state index is 15.9. The van der Waals surface area contributed by atoms with Gasteiger partial charge in [-0.15, -0.1) is 0 Å². The van der Waals surface area contributed by atoms with Gasteiger partial charge in [-0.1, -0.05) is 45.7 Å². The third-order valence-electron chi connectivity index (χ3n) is 8.78. The van der Waals surface area contributed by atoms with E-state index in [2.05, 4.69) is 15.3 Å². The predicted molar refractivity (Wildman–Crippen MR) is 156 cm³/mol. The number of alkyl halides is 2. The zero-order chi connectivity index (χ0) is 31.3. The van der Waals surface area contributed by atoms with Crippen LogP contribution >= 0.6 is 11.6 Å². The minimum Gasteiger partial charge on any atom is -0.471 e. The van der Waals surface area contributed by atoms with Crippen molar-refractivity contribution in [2.24, 2.45) is 17.3 Å². The van der Waals surface area contributed by atoms with E-state index in [0.29, 0.717) is 36.2 Å². The number of alkyl carbamates (subject to hydrolysis) is 1. The molecule has 1 saturated carbocycles. The van der Waals surface area contributed by atoms with Crippen LogP contribution in [0.3, 0.4) is 0 Å². The SMILES string of the molecule is CC[C@@H]1[C@@H]2CN(C(=O)[C@H](C(C)(C)C)NC(=O)O[C@@H]3CC3CCCCC(F)(F)c3nc4ccc(Cl)cc4nc3O2)[C@@H]1C(C)=O. The number of nitrogens with one attached hydrogen (secondary N) is 1. The standard InChI is InChI=1S/C31H39ClF2N4O5/c1-6-19-23-15-38(24(19)16(2)39)28(40)26(30(3,4)5)37-29(41)43-22-13-17(22)9-7-8-12-31(33,34)25-27(42-23)36-21-14-18(32)10-11-20(21)35-25/h10-11,14,17,19,22-24,26H,6-9,12-13,15H2,1-5H3,(H,37,41)/t17?,19-,22-,23+,24-,26-/m1/s1. The Morgan fingerprint density at radius 1 is 1.14 bits per heavy atom. The monoisotopic (exact) mass is 620 g/mol. The van der Waals surface area contributed by atoms with Crippen molar-refractivity contribution < 1.29 is 32.6 Å². The molecule has 1 saturated heterocycles. The molecule has 2 fully saturated rings. The van der Waals surface area contributed by atoms with Crippen molar-refractivity contribution >= 4 is 40.4 Å². The number of rotatable bonds is 2. The van der Waals surface area contributed by atoms with Crippen LogP contribution < -0.4 is 10.1 Å². The first-order valence-electron chi connectivity index (χ1n) is 15.0. The zero-order valence-electron chi connectivity index (χ0n) is 25.2. The average Bonchev–Trinajstić information content (AvgIpc) is 3.54. The molecule has 6 atom stereocenters. The Bertz CT molecular complexity index is 1420. The number of aromatic nitrogens is 2. The molecule has 1 aliphatic carbocycles. The molecule has 2 aliphatic heterocycles. The maximum absolute atomic E-state index is 15.9. The van der Waals surface area contributed by atoms with Crippen molar-refractivity contribution in [3.63, 3.8) is 0 Å². The number of nitrogens with zero attached hydrogens (tertiary/aromatic N) is 3. The molecule has 1 N–H and O–H groups in total. The van der Waals surface area contributed by atoms with Crippen molar-refractivity contribution in [1.82, 2.24) is 20.2 Å². The Hall–Kier alpha value is -3.08. The van der Waals surface area contributed by atoms with Gasteiger partial charge < -0.3 is 19.7 Å². The van der Waals surface area contributed by atoms with Gasteiger partial charge >= 0.3 is 6.09 Å². The molecule has 0 spiro atoms. The van der Waals surface area contributed by atoms with E-state index in [-0.39, 0.29) is 42.2 Å². The number of carbonyl (C=O) groups is 3. The highest BCUT2D eigenvalue weighted by Crippen LogP contribution is 2.43. The molecular formula is C31H39ClF2N4O5. The van der Waals surface area contributed by atoms with Gasteiger partial charge in [0, 0.05) is 17.4 Å². The number of amides is 2. The average molecular weight is 621 g/mol. The Balaban J connectivity index is 1.59. The molecule has 9 nitrogen and oxygen atoms in total. The molecule has 2 aromatic rings. The summed E-state index contributed by atoms with van der Waals surface area (Å²) in [6, 6.07) is 2.75. The summed E-state index contributed by atoms with van der Waals surface area (Å²) in [6.07, 6.45) is 0.129. The van der Waals surface area contributed by atoms with E-state index in [0.717, 1.165) is 0 Å². The van der Waals surface area contributed by atoms with E-state index < -0.39 is 59.6 Å². The van der Waals surface area contributed by atoms with Gasteiger partial charge in [0.1, 0.15) is 18.2 Å². The lowest BCUT2D eigenvalue weighted by Gasteiger charge is -2.35. The van der Waals surface area contributed by atoms with Crippen LogP contribution in [-0.2, 0) is 20.2 Å². The van der Waals surface area contributed by atoms with Gasteiger partial charge in [0.15, 0.2) is 11.5 Å². The van der Waals surface area contributed by atoms with E-state index in [9.17, 15) is 14.4 Å². The van der Waals surface area contributed by atoms with Crippen molar-refractivity contribution in [2.75, 3.05) is 6.54 Å². The lowest BCUT2D eigenvalue weighted by Crippen LogP contribution is -2.57. The third kappa shape index (κ3) is 6.56. The van der Waals surface area contributed by atoms with Gasteiger partial charge in [-0.3, -0.25) is 9.59 Å². The Morgan fingerprint density at radius 2 is 1.88 bits per heavy atom. The number of ketones is 1. The lowest BCUT2D eigenvalue weighted by atomic mass is 9.85. The third-order valence-corrected chi connectivity index (χ3v) is 9.01. The number of ether oxygens (including phenoxy) is 2. The van der Waals surface area contributed by atoms with E-state index in [1.54, 1.807) is 6.07 Å². The Kier molecular flexibility index (Phi) is 8.59. The molecule has 5 rings (SSSR count). The lowest BCUT2D eigenvalue weighted by molar-refractivity contribution is -0.141. The smallest absolute Gasteiger partial charge is 0.408 e. The first-order valence-corrected chi connectivity index (χ1v) is 15.4. The van der Waals surface area contributed by atoms with Crippen molar-refractivity contribution in [2.45, 2.75) is 103 Å². The van der Waals surface area contributed by atoms with Crippen LogP contribution in [0.25, 0.3) is 11.0 Å². The molecule has 0 radical (unpaired) electrons. The molecule has 234 valence electrons. The highest BCUT2D eigenvalue weighted by molar-refractivity contribution is 6.31. The van der Waals surface area contributed by atoms with Crippen LogP contribution in [0, 0.1) is 17.3 Å². The number of Topliss-reactive ketones (excluding diaryl/α,β-unsaturated/α-hetero) is 1. The van der Waals surface area contributed by atoms with Crippen LogP contribution in [0.2, 0.25) is 5.02 Å². The second-order valence-electron chi connectivity index (χ2n) is 13.1. The summed E-state index contributed by atoms with van der Waals surface area (Å²) in [5, 5.41) is 3.12. The second-order valence-corrected chi connectivity index (χ2v) is 13.6. The molecule has 1 aromatic carbocycles. The summed E-state index contributed by atoms with van der Waals surface area (Å²) in [6.45, 7) is 8.63. The summed E-state index contributed by atoms with van der Waals surface area (Å²) < 4.78 is 43.6. The Labute approximate surface area is 255 Å². The zero-order valence-corrected chi connectivity index (χ0v) is 25.9. The van der Waals surface area contributed by atoms with E-state index in [1.165, 1.54) is 24.0 Å². The van der Waals surface area contributed by atoms with Gasteiger partial charge in [0.2, 0.25) is 11.8 Å². The molecular weight excluding hydrogens is 582 g/mol. The topological polar surface area (TPSA) is 111 Å². The number of fused-ring (bicyclic) bond motifs is 5. The summed E-state index contributed by atoms with van der Waals surface area (Å²) in [5.74, 6) is -4.86. The first kappa shape index (κ1) is 31.3. The fourth-order valence-electron chi connectivity index (χ4n) is 6.35. The minimum atomic E-state index is -3.35. The summed E-state index contributed by atoms with van der Waals surface area (Å²) in [7, 11) is 0. The second kappa shape index (κ2) is 11.8. The van der Waals surface area contributed by atoms with Crippen LogP contribution in [0.1, 0.15) is 78.8 Å². The highest BCUT2D eigenvalue weighted by atomic mass is 35.5. The number of carbonyl (C=O) groups excluding carboxylic acids is 3. The molecule has 1 aromatic heterocycles. The maximum Gasteiger partial charge on any atom is 0.408 e. The van der Waals surface area contributed by atoms with Crippen LogP contribution in [0.15, 0.2) is 18.2 Å². The largest absolute Gasteiger partial charge is 0.471 e. The number of hydrogen-bond donors (Lipinski definition) is 1. The fraction of sp³-hybridized carbons (Fsp3) is 0.645. The highest BCUT2D eigenvalue weighted by Gasteiger charge is 2.51. The normalized spacial score (nSPS) is 29.8. The van der Waals surface area contributed by atoms with Gasteiger partial charge in [0.25, 0.3) is 5.92 Å². The number of benzene rings is 1. The van der Waals surface area contributed by atoms with Crippen LogP contribution in [-0.4, -0.2) is 63.5 Å². The molecule has 12 heteroatoms. The quantitative estimate of drug-likeness (QED) is 0.435. The first-order chi connectivity index (χ1) is 20.2. The molecule has 2 bridgehead atoms. The molecule has 43 heavy (non-hydrogen) atoms. The number of hydrogen-bond acceptors (Lipinski definition) is 7. The Morgan fingerprint density at radius 3 is 2.56 bits per heavy atom. The molecule has 3 heterocycles.